The molecule has 1 heterocycles. The molecule has 0 aliphatic carbocycles. The zero-order chi connectivity index (χ0) is 13.8. The molecule has 5 heteroatoms. The van der Waals surface area contributed by atoms with E-state index in [1.54, 1.807) is 7.11 Å². The highest BCUT2D eigenvalue weighted by molar-refractivity contribution is 5.92. The van der Waals surface area contributed by atoms with E-state index < -0.39 is 0 Å². The molecule has 1 aliphatic heterocycles. The first-order valence-corrected chi connectivity index (χ1v) is 6.76. The van der Waals surface area contributed by atoms with Gasteiger partial charge in [0.25, 0.3) is 0 Å². The van der Waals surface area contributed by atoms with Crippen LogP contribution < -0.4 is 15.4 Å². The van der Waals surface area contributed by atoms with Gasteiger partial charge in [-0.3, -0.25) is 4.79 Å². The normalized spacial score (nSPS) is 17.4. The number of halogens is 1. The van der Waals surface area contributed by atoms with Crippen molar-refractivity contribution in [1.82, 2.24) is 5.32 Å². The molecular formula is C15H23ClN2O2. The maximum atomic E-state index is 12.0. The molecule has 1 aliphatic rings. The molecule has 4 nitrogen and oxygen atoms in total. The number of carbonyl (C=O) groups excluding carboxylic acids is 1. The third-order valence-corrected chi connectivity index (χ3v) is 3.72. The third-order valence-electron chi connectivity index (χ3n) is 3.72. The first kappa shape index (κ1) is 16.8. The molecular weight excluding hydrogens is 276 g/mol. The van der Waals surface area contributed by atoms with Gasteiger partial charge in [0.1, 0.15) is 5.75 Å². The van der Waals surface area contributed by atoms with Gasteiger partial charge in [0.15, 0.2) is 0 Å². The van der Waals surface area contributed by atoms with Crippen LogP contribution in [0.3, 0.4) is 0 Å². The Morgan fingerprint density at radius 3 is 2.80 bits per heavy atom. The number of carbonyl (C=O) groups is 1. The number of amides is 1. The fraction of sp³-hybridized carbons (Fsp3) is 0.533. The summed E-state index contributed by atoms with van der Waals surface area (Å²) < 4.78 is 5.37. The van der Waals surface area contributed by atoms with Gasteiger partial charge < -0.3 is 15.4 Å². The van der Waals surface area contributed by atoms with Gasteiger partial charge in [0, 0.05) is 17.7 Å². The molecule has 0 saturated carbocycles. The highest BCUT2D eigenvalue weighted by atomic mass is 35.5. The summed E-state index contributed by atoms with van der Waals surface area (Å²) in [5, 5.41) is 6.27. The van der Waals surface area contributed by atoms with Crippen molar-refractivity contribution in [3.63, 3.8) is 0 Å². The molecule has 1 amide bonds. The van der Waals surface area contributed by atoms with E-state index in [1.807, 2.05) is 26.0 Å². The highest BCUT2D eigenvalue weighted by Crippen LogP contribution is 2.29. The largest absolute Gasteiger partial charge is 0.496 e. The standard InChI is InChI=1S/C15H22N2O2.ClH/c1-10-4-5-13(11(2)15(10)19-3)17-14(18)8-12-6-7-16-9-12;/h4-5,12,16H,6-9H2,1-3H3,(H,17,18);1H. The first-order chi connectivity index (χ1) is 9.11. The van der Waals surface area contributed by atoms with Gasteiger partial charge in [-0.2, -0.15) is 0 Å². The first-order valence-electron chi connectivity index (χ1n) is 6.76. The van der Waals surface area contributed by atoms with E-state index >= 15 is 0 Å². The molecule has 1 unspecified atom stereocenters. The van der Waals surface area contributed by atoms with Crippen LogP contribution in [0.2, 0.25) is 0 Å². The smallest absolute Gasteiger partial charge is 0.224 e. The number of ether oxygens (including phenoxy) is 1. The SMILES string of the molecule is COc1c(C)ccc(NC(=O)CC2CCNC2)c1C.Cl. The third kappa shape index (κ3) is 3.87. The maximum Gasteiger partial charge on any atom is 0.224 e. The predicted molar refractivity (Wildman–Crippen MR) is 83.9 cm³/mol. The van der Waals surface area contributed by atoms with Gasteiger partial charge in [-0.1, -0.05) is 6.07 Å². The van der Waals surface area contributed by atoms with Crippen molar-refractivity contribution in [3.05, 3.63) is 23.3 Å². The van der Waals surface area contributed by atoms with E-state index in [9.17, 15) is 4.79 Å². The topological polar surface area (TPSA) is 50.4 Å². The number of benzene rings is 1. The average molecular weight is 299 g/mol. The molecule has 2 rings (SSSR count). The van der Waals surface area contributed by atoms with Crippen LogP contribution >= 0.6 is 12.4 Å². The van der Waals surface area contributed by atoms with Gasteiger partial charge >= 0.3 is 0 Å². The second kappa shape index (κ2) is 7.50. The zero-order valence-corrected chi connectivity index (χ0v) is 13.1. The Balaban J connectivity index is 0.00000200. The van der Waals surface area contributed by atoms with Crippen molar-refractivity contribution < 1.29 is 9.53 Å². The molecule has 1 aromatic rings. The second-order valence-electron chi connectivity index (χ2n) is 5.20. The summed E-state index contributed by atoms with van der Waals surface area (Å²) >= 11 is 0. The summed E-state index contributed by atoms with van der Waals surface area (Å²) in [5.41, 5.74) is 2.91. The van der Waals surface area contributed by atoms with Crippen LogP contribution in [0.5, 0.6) is 5.75 Å². The van der Waals surface area contributed by atoms with E-state index in [1.165, 1.54) is 0 Å². The number of methoxy groups -OCH3 is 1. The summed E-state index contributed by atoms with van der Waals surface area (Å²) in [5.74, 6) is 1.40. The molecule has 1 atom stereocenters. The lowest BCUT2D eigenvalue weighted by Crippen LogP contribution is -2.19. The summed E-state index contributed by atoms with van der Waals surface area (Å²) in [6.07, 6.45) is 1.67. The van der Waals surface area contributed by atoms with Crippen molar-refractivity contribution in [3.8, 4) is 5.75 Å². The Hall–Kier alpha value is -1.26. The van der Waals surface area contributed by atoms with Crippen LogP contribution in [0.15, 0.2) is 12.1 Å². The molecule has 0 radical (unpaired) electrons. The van der Waals surface area contributed by atoms with Crippen LogP contribution in [0.1, 0.15) is 24.0 Å². The fourth-order valence-corrected chi connectivity index (χ4v) is 2.63. The number of anilines is 1. The summed E-state index contributed by atoms with van der Waals surface area (Å²) in [4.78, 5) is 12.0. The number of rotatable bonds is 4. The molecule has 1 saturated heterocycles. The highest BCUT2D eigenvalue weighted by Gasteiger charge is 2.18. The number of hydrogen-bond acceptors (Lipinski definition) is 3. The van der Waals surface area contributed by atoms with Gasteiger partial charge in [-0.05, 0) is 50.9 Å². The predicted octanol–water partition coefficient (Wildman–Crippen LogP) is 2.67. The Morgan fingerprint density at radius 1 is 1.45 bits per heavy atom. The average Bonchev–Trinajstić information content (AvgIpc) is 2.86. The molecule has 0 spiro atoms. The quantitative estimate of drug-likeness (QED) is 0.898. The molecule has 1 fully saturated rings. The minimum absolute atomic E-state index is 0. The zero-order valence-electron chi connectivity index (χ0n) is 12.3. The lowest BCUT2D eigenvalue weighted by Gasteiger charge is -2.15. The Labute approximate surface area is 126 Å². The monoisotopic (exact) mass is 298 g/mol. The molecule has 0 bridgehead atoms. The number of aryl methyl sites for hydroxylation is 1. The van der Waals surface area contributed by atoms with Crippen LogP contribution in [-0.2, 0) is 4.79 Å². The molecule has 112 valence electrons. The lowest BCUT2D eigenvalue weighted by atomic mass is 10.0. The number of nitrogens with one attached hydrogen (secondary N) is 2. The molecule has 0 aromatic heterocycles. The van der Waals surface area contributed by atoms with Crippen molar-refractivity contribution in [2.45, 2.75) is 26.7 Å². The summed E-state index contributed by atoms with van der Waals surface area (Å²) in [6, 6.07) is 3.91. The minimum atomic E-state index is 0. The van der Waals surface area contributed by atoms with Gasteiger partial charge in [-0.25, -0.2) is 0 Å². The lowest BCUT2D eigenvalue weighted by molar-refractivity contribution is -0.116. The van der Waals surface area contributed by atoms with E-state index in [2.05, 4.69) is 10.6 Å². The van der Waals surface area contributed by atoms with Gasteiger partial charge in [0.05, 0.1) is 7.11 Å². The van der Waals surface area contributed by atoms with E-state index in [0.29, 0.717) is 12.3 Å². The van der Waals surface area contributed by atoms with Crippen molar-refractivity contribution in [1.29, 1.82) is 0 Å². The minimum Gasteiger partial charge on any atom is -0.496 e. The molecule has 1 aromatic carbocycles. The summed E-state index contributed by atoms with van der Waals surface area (Å²) in [6.45, 7) is 5.94. The van der Waals surface area contributed by atoms with Crippen LogP contribution in [0.25, 0.3) is 0 Å². The summed E-state index contributed by atoms with van der Waals surface area (Å²) in [7, 11) is 1.66. The Bertz CT molecular complexity index is 471. The van der Waals surface area contributed by atoms with E-state index in [-0.39, 0.29) is 18.3 Å². The second-order valence-corrected chi connectivity index (χ2v) is 5.20. The van der Waals surface area contributed by atoms with E-state index in [4.69, 9.17) is 4.74 Å². The molecule has 20 heavy (non-hydrogen) atoms. The van der Waals surface area contributed by atoms with Crippen molar-refractivity contribution in [2.75, 3.05) is 25.5 Å². The van der Waals surface area contributed by atoms with Crippen molar-refractivity contribution >= 4 is 24.0 Å². The maximum absolute atomic E-state index is 12.0. The van der Waals surface area contributed by atoms with Crippen LogP contribution in [0, 0.1) is 19.8 Å². The van der Waals surface area contributed by atoms with E-state index in [0.717, 1.165) is 42.1 Å². The van der Waals surface area contributed by atoms with Gasteiger partial charge in [0.2, 0.25) is 5.91 Å². The fourth-order valence-electron chi connectivity index (χ4n) is 2.63. The number of hydrogen-bond donors (Lipinski definition) is 2. The Kier molecular flexibility index (Phi) is 6.30. The van der Waals surface area contributed by atoms with Crippen LogP contribution in [-0.4, -0.2) is 26.1 Å². The molecule has 2 N–H and O–H groups in total. The van der Waals surface area contributed by atoms with Gasteiger partial charge in [-0.15, -0.1) is 12.4 Å². The Morgan fingerprint density at radius 2 is 2.20 bits per heavy atom. The van der Waals surface area contributed by atoms with Crippen LogP contribution in [0.4, 0.5) is 5.69 Å². The van der Waals surface area contributed by atoms with Crippen molar-refractivity contribution in [2.24, 2.45) is 5.92 Å².